The third-order valence-corrected chi connectivity index (χ3v) is 3.47. The van der Waals surface area contributed by atoms with Gasteiger partial charge in [0.25, 0.3) is 0 Å². The molecular formula is C11H20N2O. The van der Waals surface area contributed by atoms with Crippen molar-refractivity contribution in [2.75, 3.05) is 26.2 Å². The minimum absolute atomic E-state index is 0.267. The number of carbonyl (C=O) groups excluding carboxylic acids is 1. The number of hydrogen-bond acceptors (Lipinski definition) is 2. The van der Waals surface area contributed by atoms with Crippen LogP contribution in [0.3, 0.4) is 0 Å². The zero-order valence-electron chi connectivity index (χ0n) is 8.96. The Bertz CT molecular complexity index is 213. The van der Waals surface area contributed by atoms with Crippen molar-refractivity contribution in [2.45, 2.75) is 26.2 Å². The largest absolute Gasteiger partial charge is 0.342 e. The number of likely N-dealkylation sites (tertiary alicyclic amines) is 1. The summed E-state index contributed by atoms with van der Waals surface area (Å²) in [5, 5.41) is 3.27. The highest BCUT2D eigenvalue weighted by molar-refractivity contribution is 5.79. The summed E-state index contributed by atoms with van der Waals surface area (Å²) in [7, 11) is 0. The van der Waals surface area contributed by atoms with Crippen LogP contribution in [0.2, 0.25) is 0 Å². The van der Waals surface area contributed by atoms with Gasteiger partial charge in [-0.05, 0) is 38.3 Å². The van der Waals surface area contributed by atoms with Crippen LogP contribution >= 0.6 is 0 Å². The van der Waals surface area contributed by atoms with Crippen molar-refractivity contribution in [3.8, 4) is 0 Å². The van der Waals surface area contributed by atoms with Gasteiger partial charge in [0.1, 0.15) is 0 Å². The zero-order valence-corrected chi connectivity index (χ0v) is 8.96. The van der Waals surface area contributed by atoms with Gasteiger partial charge in [0.05, 0.1) is 0 Å². The maximum atomic E-state index is 11.8. The number of hydrogen-bond donors (Lipinski definition) is 1. The Labute approximate surface area is 85.8 Å². The first-order chi connectivity index (χ1) is 6.77. The molecular weight excluding hydrogens is 176 g/mol. The van der Waals surface area contributed by atoms with E-state index in [9.17, 15) is 4.79 Å². The molecule has 0 aromatic carbocycles. The molecule has 0 saturated carbocycles. The van der Waals surface area contributed by atoms with Gasteiger partial charge in [-0.25, -0.2) is 0 Å². The van der Waals surface area contributed by atoms with Gasteiger partial charge in [-0.15, -0.1) is 0 Å². The molecule has 0 bridgehead atoms. The van der Waals surface area contributed by atoms with E-state index in [4.69, 9.17) is 0 Å². The van der Waals surface area contributed by atoms with Crippen LogP contribution in [-0.4, -0.2) is 37.0 Å². The molecule has 0 spiro atoms. The second-order valence-corrected chi connectivity index (χ2v) is 4.68. The van der Waals surface area contributed by atoms with Crippen molar-refractivity contribution >= 4 is 5.91 Å². The maximum absolute atomic E-state index is 11.8. The first-order valence-electron chi connectivity index (χ1n) is 5.77. The summed E-state index contributed by atoms with van der Waals surface area (Å²) in [6.07, 6.45) is 3.46. The Balaban J connectivity index is 1.75. The number of piperidine rings is 1. The van der Waals surface area contributed by atoms with E-state index in [2.05, 4.69) is 17.1 Å². The van der Waals surface area contributed by atoms with Crippen LogP contribution in [0.4, 0.5) is 0 Å². The van der Waals surface area contributed by atoms with Crippen molar-refractivity contribution in [3.05, 3.63) is 0 Å². The first-order valence-corrected chi connectivity index (χ1v) is 5.77. The molecule has 1 atom stereocenters. The molecule has 0 aromatic heterocycles. The van der Waals surface area contributed by atoms with Crippen LogP contribution in [0.5, 0.6) is 0 Å². The van der Waals surface area contributed by atoms with Crippen molar-refractivity contribution in [2.24, 2.45) is 11.8 Å². The summed E-state index contributed by atoms with van der Waals surface area (Å²) in [5.74, 6) is 1.46. The predicted molar refractivity (Wildman–Crippen MR) is 56.0 cm³/mol. The molecule has 2 rings (SSSR count). The number of nitrogens with zero attached hydrogens (tertiary/aromatic N) is 1. The van der Waals surface area contributed by atoms with E-state index in [0.717, 1.165) is 38.5 Å². The Morgan fingerprint density at radius 2 is 2.29 bits per heavy atom. The van der Waals surface area contributed by atoms with Gasteiger partial charge in [0, 0.05) is 19.0 Å². The predicted octanol–water partition coefficient (Wildman–Crippen LogP) is 0.854. The van der Waals surface area contributed by atoms with Crippen molar-refractivity contribution in [1.29, 1.82) is 0 Å². The number of rotatable bonds is 3. The van der Waals surface area contributed by atoms with E-state index in [1.807, 2.05) is 0 Å². The summed E-state index contributed by atoms with van der Waals surface area (Å²) in [4.78, 5) is 13.8. The molecule has 2 heterocycles. The van der Waals surface area contributed by atoms with Gasteiger partial charge < -0.3 is 10.2 Å². The molecule has 2 aliphatic heterocycles. The lowest BCUT2D eigenvalue weighted by Crippen LogP contribution is -2.46. The standard InChI is InChI=1S/C11H20N2O/c1-9-3-2-5-13(11(9)14)6-4-10-7-12-8-10/h9-10,12H,2-8H2,1H3. The van der Waals surface area contributed by atoms with Crippen molar-refractivity contribution in [3.63, 3.8) is 0 Å². The van der Waals surface area contributed by atoms with Crippen LogP contribution in [0.1, 0.15) is 26.2 Å². The topological polar surface area (TPSA) is 32.3 Å². The molecule has 2 fully saturated rings. The highest BCUT2D eigenvalue weighted by atomic mass is 16.2. The molecule has 1 amide bonds. The van der Waals surface area contributed by atoms with Gasteiger partial charge >= 0.3 is 0 Å². The number of amides is 1. The van der Waals surface area contributed by atoms with Crippen LogP contribution in [0, 0.1) is 11.8 Å². The molecule has 3 nitrogen and oxygen atoms in total. The first kappa shape index (κ1) is 9.97. The lowest BCUT2D eigenvalue weighted by Gasteiger charge is -2.34. The van der Waals surface area contributed by atoms with Gasteiger partial charge in [-0.3, -0.25) is 4.79 Å². The number of carbonyl (C=O) groups is 1. The van der Waals surface area contributed by atoms with Crippen LogP contribution in [0.15, 0.2) is 0 Å². The Morgan fingerprint density at radius 1 is 1.50 bits per heavy atom. The average Bonchev–Trinajstić information content (AvgIpc) is 2.09. The van der Waals surface area contributed by atoms with E-state index in [1.165, 1.54) is 12.8 Å². The van der Waals surface area contributed by atoms with Gasteiger partial charge in [0.15, 0.2) is 0 Å². The van der Waals surface area contributed by atoms with E-state index in [0.29, 0.717) is 5.91 Å². The molecule has 1 N–H and O–H groups in total. The summed E-state index contributed by atoms with van der Waals surface area (Å²) in [6, 6.07) is 0. The van der Waals surface area contributed by atoms with E-state index >= 15 is 0 Å². The minimum atomic E-state index is 0.267. The Hall–Kier alpha value is -0.570. The van der Waals surface area contributed by atoms with Gasteiger partial charge in [0.2, 0.25) is 5.91 Å². The lowest BCUT2D eigenvalue weighted by atomic mass is 9.96. The molecule has 0 aliphatic carbocycles. The smallest absolute Gasteiger partial charge is 0.225 e. The van der Waals surface area contributed by atoms with Crippen LogP contribution < -0.4 is 5.32 Å². The SMILES string of the molecule is CC1CCCN(CCC2CNC2)C1=O. The molecule has 0 radical (unpaired) electrons. The second-order valence-electron chi connectivity index (χ2n) is 4.68. The summed E-state index contributed by atoms with van der Waals surface area (Å²) in [6.45, 7) is 6.33. The molecule has 80 valence electrons. The highest BCUT2D eigenvalue weighted by Crippen LogP contribution is 2.18. The van der Waals surface area contributed by atoms with Crippen molar-refractivity contribution in [1.82, 2.24) is 10.2 Å². The van der Waals surface area contributed by atoms with Crippen LogP contribution in [-0.2, 0) is 4.79 Å². The number of nitrogens with one attached hydrogen (secondary N) is 1. The van der Waals surface area contributed by atoms with Crippen molar-refractivity contribution < 1.29 is 4.79 Å². The normalized spacial score (nSPS) is 29.1. The lowest BCUT2D eigenvalue weighted by molar-refractivity contribution is -0.137. The van der Waals surface area contributed by atoms with Gasteiger partial charge in [-0.2, -0.15) is 0 Å². The summed E-state index contributed by atoms with van der Waals surface area (Å²) >= 11 is 0. The summed E-state index contributed by atoms with van der Waals surface area (Å²) in [5.41, 5.74) is 0. The molecule has 0 aromatic rings. The minimum Gasteiger partial charge on any atom is -0.342 e. The average molecular weight is 196 g/mol. The van der Waals surface area contributed by atoms with E-state index < -0.39 is 0 Å². The quantitative estimate of drug-likeness (QED) is 0.726. The molecule has 2 aliphatic rings. The van der Waals surface area contributed by atoms with E-state index in [-0.39, 0.29) is 5.92 Å². The fourth-order valence-electron chi connectivity index (χ4n) is 2.25. The molecule has 14 heavy (non-hydrogen) atoms. The fraction of sp³-hybridized carbons (Fsp3) is 0.909. The fourth-order valence-corrected chi connectivity index (χ4v) is 2.25. The monoisotopic (exact) mass is 196 g/mol. The third kappa shape index (κ3) is 2.08. The third-order valence-electron chi connectivity index (χ3n) is 3.47. The second kappa shape index (κ2) is 4.30. The molecule has 3 heteroatoms. The van der Waals surface area contributed by atoms with E-state index in [1.54, 1.807) is 0 Å². The van der Waals surface area contributed by atoms with Crippen LogP contribution in [0.25, 0.3) is 0 Å². The molecule has 2 saturated heterocycles. The molecule has 1 unspecified atom stereocenters. The Kier molecular flexibility index (Phi) is 3.06. The summed E-state index contributed by atoms with van der Waals surface area (Å²) < 4.78 is 0. The van der Waals surface area contributed by atoms with Gasteiger partial charge in [-0.1, -0.05) is 6.92 Å². The highest BCUT2D eigenvalue weighted by Gasteiger charge is 2.26. The zero-order chi connectivity index (χ0) is 9.97. The Morgan fingerprint density at radius 3 is 2.93 bits per heavy atom. The maximum Gasteiger partial charge on any atom is 0.225 e.